The molecule has 1 aromatic heterocycles. The molecule has 5 rings (SSSR count). The van der Waals surface area contributed by atoms with E-state index in [0.717, 1.165) is 16.3 Å². The highest BCUT2D eigenvalue weighted by Crippen LogP contribution is 2.49. The summed E-state index contributed by atoms with van der Waals surface area (Å²) in [6.45, 7) is 0. The first-order valence-electron chi connectivity index (χ1n) is 10.8. The van der Waals surface area contributed by atoms with E-state index in [1.807, 2.05) is 24.3 Å². The van der Waals surface area contributed by atoms with Crippen LogP contribution in [-0.2, 0) is 26.8 Å². The molecule has 0 amide bonds. The lowest BCUT2D eigenvalue weighted by molar-refractivity contribution is -0.119. The smallest absolute Gasteiger partial charge is 0.185 e. The van der Waals surface area contributed by atoms with E-state index in [-0.39, 0.29) is 28.3 Å². The number of aromatic nitrogens is 1. The SMILES string of the molecule is O=C(Cc1ccc2cnccc2c1)[C@@H]1C[C@H]1c1ccc(F)c(S(=O)(=O)Cc2ccccc2)c1. The minimum absolute atomic E-state index is 0.0755. The topological polar surface area (TPSA) is 64.1 Å². The molecule has 6 heteroatoms. The van der Waals surface area contributed by atoms with Crippen LogP contribution in [0.2, 0.25) is 0 Å². The summed E-state index contributed by atoms with van der Waals surface area (Å²) in [6, 6.07) is 20.7. The first-order valence-corrected chi connectivity index (χ1v) is 12.5. The molecule has 33 heavy (non-hydrogen) atoms. The highest BCUT2D eigenvalue weighted by atomic mass is 32.2. The molecule has 0 N–H and O–H groups in total. The average molecular weight is 460 g/mol. The van der Waals surface area contributed by atoms with Gasteiger partial charge in [-0.25, -0.2) is 12.8 Å². The summed E-state index contributed by atoms with van der Waals surface area (Å²) in [6.07, 6.45) is 4.48. The van der Waals surface area contributed by atoms with Crippen LogP contribution in [0.15, 0.2) is 90.1 Å². The molecule has 1 fully saturated rings. The van der Waals surface area contributed by atoms with Crippen molar-refractivity contribution in [3.05, 3.63) is 108 Å². The van der Waals surface area contributed by atoms with Crippen molar-refractivity contribution in [3.63, 3.8) is 0 Å². The number of ketones is 1. The van der Waals surface area contributed by atoms with E-state index in [0.29, 0.717) is 24.0 Å². The van der Waals surface area contributed by atoms with Crippen molar-refractivity contribution in [1.29, 1.82) is 0 Å². The van der Waals surface area contributed by atoms with Gasteiger partial charge in [0.25, 0.3) is 0 Å². The van der Waals surface area contributed by atoms with E-state index < -0.39 is 15.7 Å². The number of carbonyl (C=O) groups is 1. The van der Waals surface area contributed by atoms with Crippen molar-refractivity contribution >= 4 is 26.4 Å². The van der Waals surface area contributed by atoms with Gasteiger partial charge in [-0.15, -0.1) is 0 Å². The monoisotopic (exact) mass is 459 g/mol. The fourth-order valence-corrected chi connectivity index (χ4v) is 5.82. The Hall–Kier alpha value is -3.38. The molecule has 0 spiro atoms. The molecule has 4 nitrogen and oxygen atoms in total. The highest BCUT2D eigenvalue weighted by molar-refractivity contribution is 7.90. The number of pyridine rings is 1. The van der Waals surface area contributed by atoms with Crippen LogP contribution >= 0.6 is 0 Å². The molecule has 1 heterocycles. The first kappa shape index (κ1) is 21.5. The van der Waals surface area contributed by atoms with E-state index in [1.54, 1.807) is 48.8 Å². The molecule has 1 aliphatic carbocycles. The summed E-state index contributed by atoms with van der Waals surface area (Å²) in [5.74, 6) is -1.16. The van der Waals surface area contributed by atoms with Crippen LogP contribution in [0.1, 0.15) is 29.0 Å². The van der Waals surface area contributed by atoms with Gasteiger partial charge in [0.15, 0.2) is 9.84 Å². The number of sulfone groups is 1. The molecule has 0 unspecified atom stereocenters. The Morgan fingerprint density at radius 1 is 0.939 bits per heavy atom. The molecule has 166 valence electrons. The van der Waals surface area contributed by atoms with Crippen molar-refractivity contribution in [1.82, 2.24) is 4.98 Å². The molecule has 2 atom stereocenters. The van der Waals surface area contributed by atoms with Crippen LogP contribution in [0.25, 0.3) is 10.8 Å². The van der Waals surface area contributed by atoms with Crippen LogP contribution in [0.5, 0.6) is 0 Å². The number of hydrogen-bond donors (Lipinski definition) is 0. The minimum atomic E-state index is -3.84. The number of hydrogen-bond acceptors (Lipinski definition) is 4. The molecular formula is C27H22FNO3S. The fraction of sp³-hybridized carbons (Fsp3) is 0.185. The van der Waals surface area contributed by atoms with Crippen molar-refractivity contribution in [2.24, 2.45) is 5.92 Å². The second kappa shape index (κ2) is 8.52. The Labute approximate surface area is 192 Å². The first-order chi connectivity index (χ1) is 15.9. The Morgan fingerprint density at radius 2 is 1.76 bits per heavy atom. The zero-order valence-electron chi connectivity index (χ0n) is 17.8. The van der Waals surface area contributed by atoms with Crippen LogP contribution < -0.4 is 0 Å². The Balaban J connectivity index is 1.32. The van der Waals surface area contributed by atoms with Crippen molar-refractivity contribution in [3.8, 4) is 0 Å². The zero-order chi connectivity index (χ0) is 23.0. The van der Waals surface area contributed by atoms with E-state index in [9.17, 15) is 17.6 Å². The number of carbonyl (C=O) groups excluding carboxylic acids is 1. The fourth-order valence-electron chi connectivity index (χ4n) is 4.35. The van der Waals surface area contributed by atoms with Gasteiger partial charge in [0.2, 0.25) is 0 Å². The third kappa shape index (κ3) is 4.57. The van der Waals surface area contributed by atoms with Gasteiger partial charge in [-0.3, -0.25) is 9.78 Å². The Bertz CT molecular complexity index is 1450. The van der Waals surface area contributed by atoms with Gasteiger partial charge >= 0.3 is 0 Å². The standard InChI is InChI=1S/C27H22FNO3S/c28-25-9-8-21(14-27(25)33(31,32)17-18-4-2-1-3-5-18)23-15-24(23)26(30)13-19-6-7-22-16-29-11-10-20(22)12-19/h1-12,14,16,23-24H,13,15,17H2/t23-,24+/m0/s1. The third-order valence-corrected chi connectivity index (χ3v) is 7.90. The van der Waals surface area contributed by atoms with Crippen LogP contribution in [0.4, 0.5) is 4.39 Å². The predicted octanol–water partition coefficient (Wildman–Crippen LogP) is 5.26. The van der Waals surface area contributed by atoms with Gasteiger partial charge in [0.05, 0.1) is 5.75 Å². The van der Waals surface area contributed by atoms with Gasteiger partial charge in [-0.1, -0.05) is 54.6 Å². The Kier molecular flexibility index (Phi) is 5.54. The van der Waals surface area contributed by atoms with Gasteiger partial charge < -0.3 is 0 Å². The molecule has 3 aromatic carbocycles. The van der Waals surface area contributed by atoms with Crippen molar-refractivity contribution in [2.45, 2.75) is 29.4 Å². The third-order valence-electron chi connectivity index (χ3n) is 6.21. The van der Waals surface area contributed by atoms with E-state index in [2.05, 4.69) is 4.98 Å². The van der Waals surface area contributed by atoms with E-state index >= 15 is 0 Å². The maximum Gasteiger partial charge on any atom is 0.185 e. The molecule has 0 aliphatic heterocycles. The lowest BCUT2D eigenvalue weighted by Crippen LogP contribution is -2.09. The molecule has 0 bridgehead atoms. The average Bonchev–Trinajstić information content (AvgIpc) is 3.61. The second-order valence-electron chi connectivity index (χ2n) is 8.58. The second-order valence-corrected chi connectivity index (χ2v) is 10.5. The normalized spacial score (nSPS) is 17.7. The van der Waals surface area contributed by atoms with Crippen molar-refractivity contribution < 1.29 is 17.6 Å². The zero-order valence-corrected chi connectivity index (χ0v) is 18.6. The molecule has 0 radical (unpaired) electrons. The summed E-state index contributed by atoms with van der Waals surface area (Å²) in [5.41, 5.74) is 2.24. The van der Waals surface area contributed by atoms with Gasteiger partial charge in [0, 0.05) is 30.1 Å². The number of benzene rings is 3. The largest absolute Gasteiger partial charge is 0.299 e. The number of halogens is 1. The van der Waals surface area contributed by atoms with Gasteiger partial charge in [-0.05, 0) is 52.6 Å². The summed E-state index contributed by atoms with van der Waals surface area (Å²) < 4.78 is 40.2. The van der Waals surface area contributed by atoms with Gasteiger partial charge in [-0.2, -0.15) is 0 Å². The lowest BCUT2D eigenvalue weighted by atomic mass is 10.0. The van der Waals surface area contributed by atoms with Crippen LogP contribution in [0, 0.1) is 11.7 Å². The number of fused-ring (bicyclic) bond motifs is 1. The van der Waals surface area contributed by atoms with Crippen molar-refractivity contribution in [2.75, 3.05) is 0 Å². The molecule has 4 aromatic rings. The summed E-state index contributed by atoms with van der Waals surface area (Å²) in [7, 11) is -3.84. The minimum Gasteiger partial charge on any atom is -0.299 e. The lowest BCUT2D eigenvalue weighted by Gasteiger charge is -2.09. The maximum atomic E-state index is 14.5. The van der Waals surface area contributed by atoms with E-state index in [1.165, 1.54) is 12.1 Å². The summed E-state index contributed by atoms with van der Waals surface area (Å²) in [4.78, 5) is 16.7. The number of Topliss-reactive ketones (excluding diaryl/α,β-unsaturated/α-hetero) is 1. The maximum absolute atomic E-state index is 14.5. The highest BCUT2D eigenvalue weighted by Gasteiger charge is 2.43. The number of nitrogens with zero attached hydrogens (tertiary/aromatic N) is 1. The van der Waals surface area contributed by atoms with Crippen LogP contribution in [-0.4, -0.2) is 19.2 Å². The molecule has 0 saturated heterocycles. The summed E-state index contributed by atoms with van der Waals surface area (Å²) in [5, 5.41) is 2.06. The predicted molar refractivity (Wildman–Crippen MR) is 125 cm³/mol. The summed E-state index contributed by atoms with van der Waals surface area (Å²) >= 11 is 0. The Morgan fingerprint density at radius 3 is 2.58 bits per heavy atom. The van der Waals surface area contributed by atoms with Crippen LogP contribution in [0.3, 0.4) is 0 Å². The number of rotatable bonds is 7. The molecular weight excluding hydrogens is 437 g/mol. The van der Waals surface area contributed by atoms with E-state index in [4.69, 9.17) is 0 Å². The molecule has 1 saturated carbocycles. The molecule has 1 aliphatic rings. The van der Waals surface area contributed by atoms with Gasteiger partial charge in [0.1, 0.15) is 16.5 Å². The quantitative estimate of drug-likeness (QED) is 0.378.